The highest BCUT2D eigenvalue weighted by atomic mass is 19.4. The number of nitrogens with zero attached hydrogens (tertiary/aromatic N) is 2. The molecule has 1 aromatic carbocycles. The number of aromatic nitrogens is 2. The highest BCUT2D eigenvalue weighted by Gasteiger charge is 2.33. The summed E-state index contributed by atoms with van der Waals surface area (Å²) in [6, 6.07) is 3.31. The van der Waals surface area contributed by atoms with Crippen molar-refractivity contribution in [2.45, 2.75) is 19.1 Å². The third-order valence-electron chi connectivity index (χ3n) is 3.24. The molecule has 0 aliphatic heterocycles. The molecule has 0 radical (unpaired) electrons. The van der Waals surface area contributed by atoms with E-state index in [2.05, 4.69) is 10.4 Å². The van der Waals surface area contributed by atoms with Gasteiger partial charge in [-0.1, -0.05) is 0 Å². The van der Waals surface area contributed by atoms with Crippen molar-refractivity contribution in [3.63, 3.8) is 0 Å². The number of carbonyl (C=O) groups is 1. The van der Waals surface area contributed by atoms with Crippen LogP contribution in [0.4, 0.5) is 18.9 Å². The molecule has 1 unspecified atom stereocenters. The van der Waals surface area contributed by atoms with Crippen LogP contribution in [0.1, 0.15) is 34.6 Å². The molecule has 0 spiro atoms. The molecule has 0 aliphatic carbocycles. The number of nitro groups is 1. The number of hydrogen-bond acceptors (Lipinski definition) is 5. The number of aromatic amines is 1. The number of benzene rings is 1. The van der Waals surface area contributed by atoms with Crippen LogP contribution >= 0.6 is 0 Å². The van der Waals surface area contributed by atoms with Gasteiger partial charge in [-0.25, -0.2) is 5.10 Å². The van der Waals surface area contributed by atoms with Gasteiger partial charge in [-0.05, 0) is 24.6 Å². The average Bonchev–Trinajstić information content (AvgIpc) is 2.54. The normalized spacial score (nSPS) is 12.5. The second kappa shape index (κ2) is 6.71. The van der Waals surface area contributed by atoms with Crippen molar-refractivity contribution in [2.75, 3.05) is 0 Å². The third kappa shape index (κ3) is 4.40. The molecule has 2 rings (SSSR count). The second-order valence-electron chi connectivity index (χ2n) is 5.07. The number of carbonyl (C=O) groups excluding carboxylic acids is 1. The predicted molar refractivity (Wildman–Crippen MR) is 78.8 cm³/mol. The van der Waals surface area contributed by atoms with Gasteiger partial charge in [0.1, 0.15) is 5.69 Å². The summed E-state index contributed by atoms with van der Waals surface area (Å²) in [5, 5.41) is 18.7. The van der Waals surface area contributed by atoms with E-state index in [1.165, 1.54) is 6.92 Å². The highest BCUT2D eigenvalue weighted by molar-refractivity contribution is 5.92. The van der Waals surface area contributed by atoms with Crippen LogP contribution in [0.25, 0.3) is 0 Å². The molecule has 1 atom stereocenters. The van der Waals surface area contributed by atoms with Crippen LogP contribution in [0, 0.1) is 10.1 Å². The van der Waals surface area contributed by atoms with E-state index in [-0.39, 0.29) is 11.3 Å². The summed E-state index contributed by atoms with van der Waals surface area (Å²) in [6.07, 6.45) is -4.77. The van der Waals surface area contributed by atoms with Crippen LogP contribution in [0.5, 0.6) is 0 Å². The van der Waals surface area contributed by atoms with E-state index < -0.39 is 39.9 Å². The molecule has 1 aromatic heterocycles. The van der Waals surface area contributed by atoms with Gasteiger partial charge in [0.25, 0.3) is 17.2 Å². The van der Waals surface area contributed by atoms with Crippen molar-refractivity contribution in [3.8, 4) is 0 Å². The Morgan fingerprint density at radius 1 is 1.32 bits per heavy atom. The van der Waals surface area contributed by atoms with Crippen LogP contribution in [-0.4, -0.2) is 21.0 Å². The molecule has 1 heterocycles. The fraction of sp³-hybridized carbons (Fsp3) is 0.214. The maximum atomic E-state index is 12.9. The second-order valence-corrected chi connectivity index (χ2v) is 5.07. The largest absolute Gasteiger partial charge is 0.416 e. The number of H-pyrrole nitrogens is 1. The SMILES string of the molecule is CC(NC(=O)c1ccc(=O)[nH]n1)c1cc([N+](=O)[O-])cc(C(F)(F)F)c1. The quantitative estimate of drug-likeness (QED) is 0.643. The van der Waals surface area contributed by atoms with Gasteiger partial charge in [-0.2, -0.15) is 18.3 Å². The smallest absolute Gasteiger partial charge is 0.344 e. The number of nitrogens with one attached hydrogen (secondary N) is 2. The molecule has 0 saturated carbocycles. The summed E-state index contributed by atoms with van der Waals surface area (Å²) in [6.45, 7) is 1.36. The van der Waals surface area contributed by atoms with Gasteiger partial charge < -0.3 is 5.32 Å². The number of halogens is 3. The molecule has 1 amide bonds. The lowest BCUT2D eigenvalue weighted by Crippen LogP contribution is -2.28. The summed E-state index contributed by atoms with van der Waals surface area (Å²) in [5.74, 6) is -0.760. The molecule has 2 N–H and O–H groups in total. The van der Waals surface area contributed by atoms with Crippen molar-refractivity contribution in [2.24, 2.45) is 0 Å². The summed E-state index contributed by atoms with van der Waals surface area (Å²) >= 11 is 0. The van der Waals surface area contributed by atoms with E-state index in [0.29, 0.717) is 6.07 Å². The van der Waals surface area contributed by atoms with E-state index in [1.54, 1.807) is 0 Å². The van der Waals surface area contributed by atoms with E-state index in [1.807, 2.05) is 5.10 Å². The van der Waals surface area contributed by atoms with Gasteiger partial charge in [-0.15, -0.1) is 0 Å². The minimum atomic E-state index is -4.77. The number of amides is 1. The maximum Gasteiger partial charge on any atom is 0.416 e. The minimum absolute atomic E-state index is 0.0979. The number of rotatable bonds is 4. The fourth-order valence-electron chi connectivity index (χ4n) is 1.98. The molecule has 132 valence electrons. The Kier molecular flexibility index (Phi) is 4.86. The number of hydrogen-bond donors (Lipinski definition) is 2. The average molecular weight is 356 g/mol. The van der Waals surface area contributed by atoms with Crippen molar-refractivity contribution in [1.29, 1.82) is 0 Å². The Morgan fingerprint density at radius 2 is 2.00 bits per heavy atom. The molecular weight excluding hydrogens is 345 g/mol. The molecule has 8 nitrogen and oxygen atoms in total. The molecule has 0 saturated heterocycles. The number of non-ortho nitro benzene ring substituents is 1. The summed E-state index contributed by atoms with van der Waals surface area (Å²) in [5.41, 5.74) is -2.72. The van der Waals surface area contributed by atoms with Gasteiger partial charge in [0.05, 0.1) is 16.5 Å². The zero-order valence-electron chi connectivity index (χ0n) is 12.6. The van der Waals surface area contributed by atoms with E-state index >= 15 is 0 Å². The lowest BCUT2D eigenvalue weighted by Gasteiger charge is -2.16. The maximum absolute atomic E-state index is 12.9. The molecule has 0 bridgehead atoms. The Morgan fingerprint density at radius 3 is 2.52 bits per heavy atom. The highest BCUT2D eigenvalue weighted by Crippen LogP contribution is 2.34. The number of nitro benzene ring substituents is 1. The summed E-state index contributed by atoms with van der Waals surface area (Å²) in [7, 11) is 0. The summed E-state index contributed by atoms with van der Waals surface area (Å²) < 4.78 is 38.7. The van der Waals surface area contributed by atoms with Gasteiger partial charge in [0, 0.05) is 18.2 Å². The van der Waals surface area contributed by atoms with Crippen LogP contribution in [-0.2, 0) is 6.18 Å². The standard InChI is InChI=1S/C14H11F3N4O4/c1-7(18-13(23)11-2-3-12(22)20-19-11)8-4-9(14(15,16)17)6-10(5-8)21(24)25/h2-7H,1H3,(H,18,23)(H,20,22). The zero-order valence-corrected chi connectivity index (χ0v) is 12.6. The molecule has 25 heavy (non-hydrogen) atoms. The Bertz CT molecular complexity index is 859. The molecule has 0 aliphatic rings. The third-order valence-corrected chi connectivity index (χ3v) is 3.24. The monoisotopic (exact) mass is 356 g/mol. The zero-order chi connectivity index (χ0) is 18.8. The van der Waals surface area contributed by atoms with Crippen molar-refractivity contribution >= 4 is 11.6 Å². The topological polar surface area (TPSA) is 118 Å². The van der Waals surface area contributed by atoms with Crippen LogP contribution in [0.15, 0.2) is 35.1 Å². The van der Waals surface area contributed by atoms with Crippen molar-refractivity contribution in [1.82, 2.24) is 15.5 Å². The fourth-order valence-corrected chi connectivity index (χ4v) is 1.98. The minimum Gasteiger partial charge on any atom is -0.344 e. The lowest BCUT2D eigenvalue weighted by atomic mass is 10.0. The Labute approximate surface area is 137 Å². The number of alkyl halides is 3. The predicted octanol–water partition coefficient (Wildman–Crippen LogP) is 2.19. The van der Waals surface area contributed by atoms with Gasteiger partial charge >= 0.3 is 6.18 Å². The van der Waals surface area contributed by atoms with Gasteiger partial charge in [0.2, 0.25) is 0 Å². The lowest BCUT2D eigenvalue weighted by molar-refractivity contribution is -0.385. The first-order valence-electron chi connectivity index (χ1n) is 6.81. The Balaban J connectivity index is 2.31. The van der Waals surface area contributed by atoms with E-state index in [0.717, 1.165) is 24.3 Å². The van der Waals surface area contributed by atoms with Gasteiger partial charge in [0.15, 0.2) is 0 Å². The summed E-state index contributed by atoms with van der Waals surface area (Å²) in [4.78, 5) is 32.8. The van der Waals surface area contributed by atoms with Crippen molar-refractivity contribution < 1.29 is 22.9 Å². The molecule has 11 heteroatoms. The van der Waals surface area contributed by atoms with Crippen LogP contribution in [0.3, 0.4) is 0 Å². The first-order chi connectivity index (χ1) is 11.6. The first kappa shape index (κ1) is 18.1. The molecular formula is C14H11F3N4O4. The Hall–Kier alpha value is -3.24. The molecule has 2 aromatic rings. The van der Waals surface area contributed by atoms with E-state index in [9.17, 15) is 32.9 Å². The van der Waals surface area contributed by atoms with Crippen LogP contribution < -0.4 is 10.9 Å². The molecule has 0 fully saturated rings. The van der Waals surface area contributed by atoms with Gasteiger partial charge in [-0.3, -0.25) is 19.7 Å². The van der Waals surface area contributed by atoms with Crippen molar-refractivity contribution in [3.05, 3.63) is 67.6 Å². The first-order valence-corrected chi connectivity index (χ1v) is 6.81. The van der Waals surface area contributed by atoms with Crippen LogP contribution in [0.2, 0.25) is 0 Å². The van der Waals surface area contributed by atoms with E-state index in [4.69, 9.17) is 0 Å².